The van der Waals surface area contributed by atoms with E-state index in [4.69, 9.17) is 4.74 Å². The van der Waals surface area contributed by atoms with Gasteiger partial charge in [-0.3, -0.25) is 4.79 Å². The molecule has 1 heterocycles. The monoisotopic (exact) mass is 277 g/mol. The van der Waals surface area contributed by atoms with Crippen molar-refractivity contribution in [2.24, 2.45) is 0 Å². The number of quaternary nitrogens is 1. The lowest BCUT2D eigenvalue weighted by Gasteiger charge is -2.32. The van der Waals surface area contributed by atoms with Gasteiger partial charge in [-0.05, 0) is 25.5 Å². The minimum Gasteiger partial charge on any atom is -0.481 e. The quantitative estimate of drug-likeness (QED) is 0.870. The standard InChI is InChI=1S/C16H24N2O2/c1-4-15(20-14-7-5-13(2)6-8-14)16(19)18-11-9-17(3)10-12-18/h5-8,15H,4,9-12H2,1-3H3/p+1/t15-/m0/s1. The van der Waals surface area contributed by atoms with Gasteiger partial charge in [0, 0.05) is 0 Å². The van der Waals surface area contributed by atoms with E-state index < -0.39 is 0 Å². The van der Waals surface area contributed by atoms with E-state index in [9.17, 15) is 4.79 Å². The highest BCUT2D eigenvalue weighted by molar-refractivity contribution is 5.81. The minimum absolute atomic E-state index is 0.126. The van der Waals surface area contributed by atoms with Crippen molar-refractivity contribution in [2.75, 3.05) is 33.2 Å². The van der Waals surface area contributed by atoms with Crippen molar-refractivity contribution in [3.05, 3.63) is 29.8 Å². The van der Waals surface area contributed by atoms with E-state index in [1.807, 2.05) is 43.0 Å². The number of likely N-dealkylation sites (N-methyl/N-ethyl adjacent to an activating group) is 1. The third-order valence-electron chi connectivity index (χ3n) is 3.87. The van der Waals surface area contributed by atoms with Crippen LogP contribution < -0.4 is 9.64 Å². The molecule has 1 aromatic rings. The van der Waals surface area contributed by atoms with Crippen molar-refractivity contribution >= 4 is 5.91 Å². The number of carbonyl (C=O) groups excluding carboxylic acids is 1. The summed E-state index contributed by atoms with van der Waals surface area (Å²) >= 11 is 0. The average Bonchev–Trinajstić information content (AvgIpc) is 2.47. The number of aryl methyl sites for hydroxylation is 1. The van der Waals surface area contributed by atoms with Gasteiger partial charge in [-0.15, -0.1) is 0 Å². The SMILES string of the molecule is CC[C@H](Oc1ccc(C)cc1)C(=O)N1CC[NH+](C)CC1. The Hall–Kier alpha value is -1.55. The molecule has 0 bridgehead atoms. The molecule has 0 spiro atoms. The van der Waals surface area contributed by atoms with E-state index in [0.29, 0.717) is 6.42 Å². The van der Waals surface area contributed by atoms with Crippen LogP contribution in [0.4, 0.5) is 0 Å². The van der Waals surface area contributed by atoms with Crippen LogP contribution in [0, 0.1) is 6.92 Å². The molecule has 20 heavy (non-hydrogen) atoms. The molecule has 0 radical (unpaired) electrons. The lowest BCUT2D eigenvalue weighted by molar-refractivity contribution is -0.883. The molecular formula is C16H25N2O2+. The van der Waals surface area contributed by atoms with Crippen molar-refractivity contribution in [3.63, 3.8) is 0 Å². The van der Waals surface area contributed by atoms with Gasteiger partial charge in [0.2, 0.25) is 0 Å². The number of nitrogens with zero attached hydrogens (tertiary/aromatic N) is 1. The second kappa shape index (κ2) is 6.75. The van der Waals surface area contributed by atoms with E-state index in [2.05, 4.69) is 7.05 Å². The van der Waals surface area contributed by atoms with E-state index >= 15 is 0 Å². The van der Waals surface area contributed by atoms with Gasteiger partial charge >= 0.3 is 0 Å². The fourth-order valence-corrected chi connectivity index (χ4v) is 2.40. The Morgan fingerprint density at radius 2 is 1.90 bits per heavy atom. The summed E-state index contributed by atoms with van der Waals surface area (Å²) in [6, 6.07) is 7.87. The Kier molecular flexibility index (Phi) is 5.01. The Morgan fingerprint density at radius 1 is 1.30 bits per heavy atom. The van der Waals surface area contributed by atoms with Crippen LogP contribution in [0.5, 0.6) is 5.75 Å². The summed E-state index contributed by atoms with van der Waals surface area (Å²) in [4.78, 5) is 15.9. The fraction of sp³-hybridized carbons (Fsp3) is 0.562. The first-order chi connectivity index (χ1) is 9.60. The maximum absolute atomic E-state index is 12.5. The van der Waals surface area contributed by atoms with Gasteiger partial charge in [0.1, 0.15) is 5.75 Å². The molecule has 1 aromatic carbocycles. The Morgan fingerprint density at radius 3 is 2.45 bits per heavy atom. The van der Waals surface area contributed by atoms with Crippen LogP contribution >= 0.6 is 0 Å². The van der Waals surface area contributed by atoms with Crippen molar-refractivity contribution in [3.8, 4) is 5.75 Å². The Labute approximate surface area is 121 Å². The Balaban J connectivity index is 1.97. The lowest BCUT2D eigenvalue weighted by atomic mass is 10.2. The largest absolute Gasteiger partial charge is 0.481 e. The summed E-state index contributed by atoms with van der Waals surface area (Å²) in [5, 5.41) is 0. The number of hydrogen-bond donors (Lipinski definition) is 1. The predicted octanol–water partition coefficient (Wildman–Crippen LogP) is 0.509. The molecule has 1 amide bonds. The van der Waals surface area contributed by atoms with E-state index in [0.717, 1.165) is 31.9 Å². The molecule has 1 atom stereocenters. The number of piperazine rings is 1. The third kappa shape index (κ3) is 3.73. The highest BCUT2D eigenvalue weighted by Gasteiger charge is 2.28. The molecule has 2 rings (SSSR count). The summed E-state index contributed by atoms with van der Waals surface area (Å²) in [6.07, 6.45) is 0.336. The van der Waals surface area contributed by atoms with Crippen LogP contribution in [-0.2, 0) is 4.79 Å². The number of rotatable bonds is 4. The number of hydrogen-bond acceptors (Lipinski definition) is 2. The first kappa shape index (κ1) is 14.9. The van der Waals surface area contributed by atoms with Gasteiger partial charge in [0.25, 0.3) is 5.91 Å². The summed E-state index contributed by atoms with van der Waals surface area (Å²) in [5.41, 5.74) is 1.19. The molecular weight excluding hydrogens is 252 g/mol. The van der Waals surface area contributed by atoms with Gasteiger partial charge in [0.15, 0.2) is 6.10 Å². The first-order valence-electron chi connectivity index (χ1n) is 7.43. The van der Waals surface area contributed by atoms with Gasteiger partial charge in [-0.2, -0.15) is 0 Å². The second-order valence-electron chi connectivity index (χ2n) is 5.61. The first-order valence-corrected chi connectivity index (χ1v) is 7.43. The zero-order valence-corrected chi connectivity index (χ0v) is 12.7. The van der Waals surface area contributed by atoms with Crippen LogP contribution in [0.25, 0.3) is 0 Å². The van der Waals surface area contributed by atoms with Crippen molar-refractivity contribution in [1.82, 2.24) is 4.90 Å². The van der Waals surface area contributed by atoms with Crippen LogP contribution in [0.3, 0.4) is 0 Å². The van der Waals surface area contributed by atoms with Crippen LogP contribution in [0.1, 0.15) is 18.9 Å². The van der Waals surface area contributed by atoms with E-state index in [1.165, 1.54) is 10.5 Å². The molecule has 1 aliphatic heterocycles. The molecule has 1 fully saturated rings. The zero-order valence-electron chi connectivity index (χ0n) is 12.7. The smallest absolute Gasteiger partial charge is 0.264 e. The molecule has 0 aromatic heterocycles. The maximum Gasteiger partial charge on any atom is 0.264 e. The summed E-state index contributed by atoms with van der Waals surface area (Å²) in [5.74, 6) is 0.899. The molecule has 4 heteroatoms. The van der Waals surface area contributed by atoms with Crippen LogP contribution in [0.2, 0.25) is 0 Å². The van der Waals surface area contributed by atoms with Gasteiger partial charge < -0.3 is 14.5 Å². The molecule has 0 saturated carbocycles. The predicted molar refractivity (Wildman–Crippen MR) is 79.1 cm³/mol. The van der Waals surface area contributed by atoms with E-state index in [1.54, 1.807) is 0 Å². The molecule has 1 N–H and O–H groups in total. The van der Waals surface area contributed by atoms with Gasteiger partial charge in [-0.1, -0.05) is 24.6 Å². The molecule has 110 valence electrons. The molecule has 1 aliphatic rings. The van der Waals surface area contributed by atoms with Crippen LogP contribution in [0.15, 0.2) is 24.3 Å². The summed E-state index contributed by atoms with van der Waals surface area (Å²) < 4.78 is 5.86. The summed E-state index contributed by atoms with van der Waals surface area (Å²) in [7, 11) is 2.17. The number of amides is 1. The van der Waals surface area contributed by atoms with Crippen molar-refractivity contribution in [1.29, 1.82) is 0 Å². The molecule has 4 nitrogen and oxygen atoms in total. The molecule has 0 unspecified atom stereocenters. The second-order valence-corrected chi connectivity index (χ2v) is 5.61. The number of nitrogens with one attached hydrogen (secondary N) is 1. The van der Waals surface area contributed by atoms with E-state index in [-0.39, 0.29) is 12.0 Å². The molecule has 1 saturated heterocycles. The average molecular weight is 277 g/mol. The minimum atomic E-state index is -0.365. The van der Waals surface area contributed by atoms with Crippen molar-refractivity contribution < 1.29 is 14.4 Å². The van der Waals surface area contributed by atoms with Gasteiger partial charge in [-0.25, -0.2) is 0 Å². The number of ether oxygens (including phenoxy) is 1. The highest BCUT2D eigenvalue weighted by atomic mass is 16.5. The Bertz CT molecular complexity index is 436. The third-order valence-corrected chi connectivity index (χ3v) is 3.87. The fourth-order valence-electron chi connectivity index (χ4n) is 2.40. The highest BCUT2D eigenvalue weighted by Crippen LogP contribution is 2.16. The number of carbonyl (C=O) groups is 1. The normalized spacial score (nSPS) is 17.9. The topological polar surface area (TPSA) is 34.0 Å². The lowest BCUT2D eigenvalue weighted by Crippen LogP contribution is -3.12. The molecule has 0 aliphatic carbocycles. The number of benzene rings is 1. The zero-order chi connectivity index (χ0) is 14.5. The van der Waals surface area contributed by atoms with Crippen molar-refractivity contribution in [2.45, 2.75) is 26.4 Å². The van der Waals surface area contributed by atoms with Gasteiger partial charge in [0.05, 0.1) is 33.2 Å². The maximum atomic E-state index is 12.5. The van der Waals surface area contributed by atoms with Crippen LogP contribution in [-0.4, -0.2) is 50.1 Å². The summed E-state index contributed by atoms with van der Waals surface area (Å²) in [6.45, 7) is 7.74.